The SMILES string of the molecule is C=CC(=O)OCCCCCCOc1ccc(C(=O)OC2=CC=C(OC(=O)c3ccc(OC(=O)c4ccc(OCCCCCCOC(=O)C=C)cc4)cc3)CC2)cc1. The summed E-state index contributed by atoms with van der Waals surface area (Å²) < 4.78 is 37.9. The first-order chi connectivity index (χ1) is 27.7. The summed E-state index contributed by atoms with van der Waals surface area (Å²) in [5.74, 6) is -0.0644. The van der Waals surface area contributed by atoms with Crippen LogP contribution in [0, 0.1) is 0 Å². The number of carbonyl (C=O) groups excluding carboxylic acids is 5. The summed E-state index contributed by atoms with van der Waals surface area (Å²) in [6.45, 7) is 8.53. The second-order valence-electron chi connectivity index (χ2n) is 12.8. The highest BCUT2D eigenvalue weighted by Crippen LogP contribution is 2.24. The Kier molecular flexibility index (Phi) is 18.4. The van der Waals surface area contributed by atoms with Gasteiger partial charge in [0, 0.05) is 25.0 Å². The van der Waals surface area contributed by atoms with E-state index in [4.69, 9.17) is 33.2 Å². The molecule has 0 fully saturated rings. The van der Waals surface area contributed by atoms with Crippen molar-refractivity contribution < 1.29 is 57.1 Å². The van der Waals surface area contributed by atoms with Crippen molar-refractivity contribution in [2.75, 3.05) is 26.4 Å². The molecule has 0 aromatic heterocycles. The lowest BCUT2D eigenvalue weighted by Crippen LogP contribution is -2.11. The highest BCUT2D eigenvalue weighted by molar-refractivity contribution is 5.92. The molecule has 4 rings (SSSR count). The maximum Gasteiger partial charge on any atom is 0.343 e. The van der Waals surface area contributed by atoms with E-state index in [1.807, 2.05) is 0 Å². The Hall–Kier alpha value is -6.43. The van der Waals surface area contributed by atoms with Crippen LogP contribution in [-0.2, 0) is 28.5 Å². The van der Waals surface area contributed by atoms with Crippen molar-refractivity contribution in [2.45, 2.75) is 64.2 Å². The smallest absolute Gasteiger partial charge is 0.343 e. The molecule has 300 valence electrons. The van der Waals surface area contributed by atoms with Gasteiger partial charge in [-0.1, -0.05) is 13.2 Å². The molecule has 0 aliphatic heterocycles. The van der Waals surface area contributed by atoms with E-state index in [-0.39, 0.29) is 11.3 Å². The molecule has 1 aliphatic carbocycles. The van der Waals surface area contributed by atoms with Crippen molar-refractivity contribution in [3.63, 3.8) is 0 Å². The van der Waals surface area contributed by atoms with Crippen LogP contribution in [0.15, 0.2) is 122 Å². The first kappa shape index (κ1) is 43.3. The molecule has 12 nitrogen and oxygen atoms in total. The average molecular weight is 781 g/mol. The normalized spacial score (nSPS) is 11.9. The van der Waals surface area contributed by atoms with Crippen molar-refractivity contribution in [3.05, 3.63) is 138 Å². The number of benzene rings is 3. The van der Waals surface area contributed by atoms with Gasteiger partial charge in [-0.2, -0.15) is 0 Å². The first-order valence-electron chi connectivity index (χ1n) is 18.9. The van der Waals surface area contributed by atoms with Gasteiger partial charge >= 0.3 is 29.8 Å². The fraction of sp³-hybridized carbons (Fsp3) is 0.311. The quantitative estimate of drug-likeness (QED) is 0.0281. The van der Waals surface area contributed by atoms with E-state index in [0.717, 1.165) is 63.5 Å². The third-order valence-electron chi connectivity index (χ3n) is 8.44. The van der Waals surface area contributed by atoms with Crippen molar-refractivity contribution in [2.24, 2.45) is 0 Å². The van der Waals surface area contributed by atoms with Crippen LogP contribution in [0.5, 0.6) is 17.2 Å². The number of unbranched alkanes of at least 4 members (excludes halogenated alkanes) is 6. The summed E-state index contributed by atoms with van der Waals surface area (Å²) in [5.41, 5.74) is 0.982. The molecule has 0 spiro atoms. The minimum Gasteiger partial charge on any atom is -0.494 e. The minimum absolute atomic E-state index is 0.263. The standard InChI is InChI=1S/C45H48O12/c1-3-41(46)53-31-11-7-5-9-29-51-36-19-13-33(14-20-36)43(48)55-38-23-17-35(18-24-38)45(50)57-40-27-25-39(26-28-40)56-44(49)34-15-21-37(22-16-34)52-30-10-6-8-12-32-54-42(47)4-2/h3-4,13-25,27H,1-2,5-12,26,28-32H2. The van der Waals surface area contributed by atoms with Gasteiger partial charge in [0.1, 0.15) is 28.8 Å². The van der Waals surface area contributed by atoms with Crippen LogP contribution in [0.4, 0.5) is 0 Å². The summed E-state index contributed by atoms with van der Waals surface area (Å²) >= 11 is 0. The highest BCUT2D eigenvalue weighted by Gasteiger charge is 2.18. The van der Waals surface area contributed by atoms with Crippen LogP contribution in [-0.4, -0.2) is 56.3 Å². The molecule has 0 unspecified atom stereocenters. The molecule has 3 aromatic carbocycles. The Morgan fingerprint density at radius 1 is 0.439 bits per heavy atom. The summed E-state index contributed by atoms with van der Waals surface area (Å²) in [6, 6.07) is 19.4. The zero-order valence-electron chi connectivity index (χ0n) is 32.0. The molecule has 0 N–H and O–H groups in total. The second kappa shape index (κ2) is 24.2. The summed E-state index contributed by atoms with van der Waals surface area (Å²) in [7, 11) is 0. The number of hydrogen-bond acceptors (Lipinski definition) is 12. The van der Waals surface area contributed by atoms with Gasteiger partial charge in [0.15, 0.2) is 0 Å². The van der Waals surface area contributed by atoms with Gasteiger partial charge in [0.05, 0.1) is 43.1 Å². The van der Waals surface area contributed by atoms with E-state index in [2.05, 4.69) is 13.2 Å². The first-order valence-corrected chi connectivity index (χ1v) is 18.9. The summed E-state index contributed by atoms with van der Waals surface area (Å²) in [6.07, 6.45) is 13.2. The van der Waals surface area contributed by atoms with Gasteiger partial charge in [-0.05, 0) is 136 Å². The predicted octanol–water partition coefficient (Wildman–Crippen LogP) is 8.82. The van der Waals surface area contributed by atoms with E-state index < -0.39 is 29.8 Å². The van der Waals surface area contributed by atoms with Crippen LogP contribution < -0.4 is 14.2 Å². The number of hydrogen-bond donors (Lipinski definition) is 0. The Morgan fingerprint density at radius 3 is 1.12 bits per heavy atom. The Labute approximate surface area is 332 Å². The van der Waals surface area contributed by atoms with E-state index in [0.29, 0.717) is 73.4 Å². The zero-order valence-corrected chi connectivity index (χ0v) is 32.0. The molecular weight excluding hydrogens is 732 g/mol. The van der Waals surface area contributed by atoms with Crippen LogP contribution in [0.2, 0.25) is 0 Å². The van der Waals surface area contributed by atoms with Crippen LogP contribution >= 0.6 is 0 Å². The molecule has 0 atom stereocenters. The molecule has 0 heterocycles. The van der Waals surface area contributed by atoms with Crippen molar-refractivity contribution in [1.82, 2.24) is 0 Å². The van der Waals surface area contributed by atoms with E-state index in [1.165, 1.54) is 24.3 Å². The lowest BCUT2D eigenvalue weighted by Gasteiger charge is -2.15. The monoisotopic (exact) mass is 780 g/mol. The highest BCUT2D eigenvalue weighted by atomic mass is 16.6. The van der Waals surface area contributed by atoms with Gasteiger partial charge in [-0.3, -0.25) is 0 Å². The molecule has 1 aliphatic rings. The lowest BCUT2D eigenvalue weighted by molar-refractivity contribution is -0.138. The molecule has 0 amide bonds. The maximum atomic E-state index is 12.8. The van der Waals surface area contributed by atoms with Crippen LogP contribution in [0.1, 0.15) is 95.3 Å². The van der Waals surface area contributed by atoms with Crippen LogP contribution in [0.3, 0.4) is 0 Å². The lowest BCUT2D eigenvalue weighted by atomic mass is 10.1. The van der Waals surface area contributed by atoms with Gasteiger partial charge in [-0.15, -0.1) is 0 Å². The minimum atomic E-state index is -0.577. The molecular formula is C45H48O12. The molecule has 3 aromatic rings. The summed E-state index contributed by atoms with van der Waals surface area (Å²) in [4.78, 5) is 60.2. The summed E-state index contributed by atoms with van der Waals surface area (Å²) in [5, 5.41) is 0. The number of esters is 5. The Morgan fingerprint density at radius 2 is 0.772 bits per heavy atom. The topological polar surface area (TPSA) is 150 Å². The Balaban J connectivity index is 1.12. The number of carbonyl (C=O) groups is 5. The van der Waals surface area contributed by atoms with Crippen LogP contribution in [0.25, 0.3) is 0 Å². The molecule has 0 saturated heterocycles. The van der Waals surface area contributed by atoms with Gasteiger partial charge in [0.25, 0.3) is 0 Å². The fourth-order valence-corrected chi connectivity index (χ4v) is 5.28. The van der Waals surface area contributed by atoms with Crippen molar-refractivity contribution in [1.29, 1.82) is 0 Å². The Bertz CT molecular complexity index is 1870. The maximum absolute atomic E-state index is 12.8. The predicted molar refractivity (Wildman–Crippen MR) is 211 cm³/mol. The van der Waals surface area contributed by atoms with Crippen molar-refractivity contribution >= 4 is 29.8 Å². The molecule has 0 saturated carbocycles. The van der Waals surface area contributed by atoms with Gasteiger partial charge in [-0.25, -0.2) is 24.0 Å². The number of rotatable bonds is 24. The van der Waals surface area contributed by atoms with Gasteiger partial charge < -0.3 is 33.2 Å². The number of allylic oxidation sites excluding steroid dienone is 4. The third kappa shape index (κ3) is 16.1. The largest absolute Gasteiger partial charge is 0.494 e. The third-order valence-corrected chi connectivity index (χ3v) is 8.44. The van der Waals surface area contributed by atoms with Crippen molar-refractivity contribution in [3.8, 4) is 17.2 Å². The van der Waals surface area contributed by atoms with Gasteiger partial charge in [0.2, 0.25) is 0 Å². The average Bonchev–Trinajstić information content (AvgIpc) is 3.23. The molecule has 0 bridgehead atoms. The molecule has 57 heavy (non-hydrogen) atoms. The second-order valence-corrected chi connectivity index (χ2v) is 12.8. The number of ether oxygens (including phenoxy) is 7. The fourth-order valence-electron chi connectivity index (χ4n) is 5.28. The molecule has 0 radical (unpaired) electrons. The molecule has 12 heteroatoms. The zero-order chi connectivity index (χ0) is 40.7. The van der Waals surface area contributed by atoms with E-state index in [1.54, 1.807) is 60.7 Å². The van der Waals surface area contributed by atoms with E-state index >= 15 is 0 Å². The van der Waals surface area contributed by atoms with E-state index in [9.17, 15) is 24.0 Å².